The third kappa shape index (κ3) is 8.26. The zero-order chi connectivity index (χ0) is 10.3. The van der Waals surface area contributed by atoms with Gasteiger partial charge in [-0.25, -0.2) is 0 Å². The molecule has 0 fully saturated rings. The minimum atomic E-state index is 0.390. The van der Waals surface area contributed by atoms with E-state index >= 15 is 0 Å². The third-order valence-corrected chi connectivity index (χ3v) is 2.49. The molecule has 1 atom stereocenters. The van der Waals surface area contributed by atoms with E-state index in [-0.39, 0.29) is 0 Å². The van der Waals surface area contributed by atoms with E-state index in [1.165, 1.54) is 13.0 Å². The fraction of sp³-hybridized carbons (Fsp3) is 1.00. The standard InChI is InChI=1S/C11H26N2/c1-5-11(12)7-9-13(4)8-6-10(2)3/h10-11H,5-9,12H2,1-4H3. The first kappa shape index (κ1) is 12.9. The lowest BCUT2D eigenvalue weighted by Gasteiger charge is -2.19. The molecule has 0 bridgehead atoms. The first-order valence-corrected chi connectivity index (χ1v) is 5.50. The molecule has 0 radical (unpaired) electrons. The van der Waals surface area contributed by atoms with Crippen LogP contribution in [0, 0.1) is 5.92 Å². The van der Waals surface area contributed by atoms with Crippen molar-refractivity contribution in [1.29, 1.82) is 0 Å². The summed E-state index contributed by atoms with van der Waals surface area (Å²) >= 11 is 0. The normalized spacial score (nSPS) is 14.1. The van der Waals surface area contributed by atoms with E-state index in [0.717, 1.165) is 25.3 Å². The molecule has 1 unspecified atom stereocenters. The summed E-state index contributed by atoms with van der Waals surface area (Å²) in [5.74, 6) is 0.808. The van der Waals surface area contributed by atoms with E-state index in [0.29, 0.717) is 6.04 Å². The van der Waals surface area contributed by atoms with Crippen molar-refractivity contribution in [3.63, 3.8) is 0 Å². The molecule has 80 valence electrons. The van der Waals surface area contributed by atoms with Crippen molar-refractivity contribution in [2.24, 2.45) is 11.7 Å². The summed E-state index contributed by atoms with van der Waals surface area (Å²) in [5, 5.41) is 0. The lowest BCUT2D eigenvalue weighted by molar-refractivity contribution is 0.296. The van der Waals surface area contributed by atoms with Crippen LogP contribution in [0.1, 0.15) is 40.0 Å². The Balaban J connectivity index is 3.34. The maximum absolute atomic E-state index is 5.85. The summed E-state index contributed by atoms with van der Waals surface area (Å²) in [6, 6.07) is 0.390. The highest BCUT2D eigenvalue weighted by Gasteiger charge is 2.03. The molecular formula is C11H26N2. The van der Waals surface area contributed by atoms with Gasteiger partial charge < -0.3 is 10.6 Å². The minimum Gasteiger partial charge on any atom is -0.328 e. The third-order valence-electron chi connectivity index (χ3n) is 2.49. The molecule has 0 rings (SSSR count). The fourth-order valence-corrected chi connectivity index (χ4v) is 1.18. The van der Waals surface area contributed by atoms with E-state index in [4.69, 9.17) is 5.73 Å². The molecule has 2 nitrogen and oxygen atoms in total. The molecule has 0 aromatic heterocycles. The molecule has 0 aliphatic heterocycles. The minimum absolute atomic E-state index is 0.390. The van der Waals surface area contributed by atoms with Gasteiger partial charge in [0, 0.05) is 6.04 Å². The van der Waals surface area contributed by atoms with Crippen molar-refractivity contribution in [1.82, 2.24) is 4.90 Å². The Bertz CT molecular complexity index is 113. The highest BCUT2D eigenvalue weighted by atomic mass is 15.1. The Morgan fingerprint density at radius 2 is 1.69 bits per heavy atom. The van der Waals surface area contributed by atoms with Gasteiger partial charge in [-0.15, -0.1) is 0 Å². The van der Waals surface area contributed by atoms with Crippen LogP contribution < -0.4 is 5.73 Å². The average molecular weight is 186 g/mol. The smallest absolute Gasteiger partial charge is 0.00483 e. The fourth-order valence-electron chi connectivity index (χ4n) is 1.18. The summed E-state index contributed by atoms with van der Waals surface area (Å²) < 4.78 is 0. The number of hydrogen-bond donors (Lipinski definition) is 1. The number of nitrogens with zero attached hydrogens (tertiary/aromatic N) is 1. The van der Waals surface area contributed by atoms with Crippen LogP contribution in [0.25, 0.3) is 0 Å². The molecule has 0 saturated carbocycles. The maximum Gasteiger partial charge on any atom is 0.00483 e. The summed E-state index contributed by atoms with van der Waals surface area (Å²) in [6.07, 6.45) is 3.51. The van der Waals surface area contributed by atoms with Crippen molar-refractivity contribution in [3.05, 3.63) is 0 Å². The van der Waals surface area contributed by atoms with E-state index in [9.17, 15) is 0 Å². The van der Waals surface area contributed by atoms with Crippen molar-refractivity contribution >= 4 is 0 Å². The van der Waals surface area contributed by atoms with Crippen LogP contribution in [0.5, 0.6) is 0 Å². The van der Waals surface area contributed by atoms with Crippen LogP contribution in [0.4, 0.5) is 0 Å². The van der Waals surface area contributed by atoms with E-state index in [1.807, 2.05) is 0 Å². The zero-order valence-electron chi connectivity index (χ0n) is 9.71. The molecule has 0 aromatic rings. The molecule has 0 spiro atoms. The molecule has 0 saturated heterocycles. The van der Waals surface area contributed by atoms with Gasteiger partial charge in [0.05, 0.1) is 0 Å². The van der Waals surface area contributed by atoms with Crippen LogP contribution in [0.3, 0.4) is 0 Å². The van der Waals surface area contributed by atoms with Crippen molar-refractivity contribution in [2.45, 2.75) is 46.1 Å². The second-order valence-electron chi connectivity index (χ2n) is 4.44. The van der Waals surface area contributed by atoms with Gasteiger partial charge in [0.25, 0.3) is 0 Å². The summed E-state index contributed by atoms with van der Waals surface area (Å²) in [7, 11) is 2.19. The first-order chi connectivity index (χ1) is 6.06. The van der Waals surface area contributed by atoms with Gasteiger partial charge in [-0.3, -0.25) is 0 Å². The second-order valence-corrected chi connectivity index (χ2v) is 4.44. The molecule has 13 heavy (non-hydrogen) atoms. The Labute approximate surface area is 83.5 Å². The van der Waals surface area contributed by atoms with Gasteiger partial charge in [0.15, 0.2) is 0 Å². The van der Waals surface area contributed by atoms with E-state index in [1.54, 1.807) is 0 Å². The van der Waals surface area contributed by atoms with Gasteiger partial charge in [0.2, 0.25) is 0 Å². The SMILES string of the molecule is CCC(N)CCN(C)CCC(C)C. The molecule has 2 heteroatoms. The Hall–Kier alpha value is -0.0800. The molecule has 0 aliphatic carbocycles. The summed E-state index contributed by atoms with van der Waals surface area (Å²) in [6.45, 7) is 9.03. The number of hydrogen-bond acceptors (Lipinski definition) is 2. The van der Waals surface area contributed by atoms with Gasteiger partial charge in [-0.2, -0.15) is 0 Å². The summed E-state index contributed by atoms with van der Waals surface area (Å²) in [4.78, 5) is 2.38. The molecule has 0 aliphatic rings. The lowest BCUT2D eigenvalue weighted by Crippen LogP contribution is -2.28. The van der Waals surface area contributed by atoms with Crippen molar-refractivity contribution < 1.29 is 0 Å². The van der Waals surface area contributed by atoms with Crippen LogP contribution in [0.2, 0.25) is 0 Å². The van der Waals surface area contributed by atoms with Crippen LogP contribution in [-0.4, -0.2) is 31.1 Å². The molecule has 0 aromatic carbocycles. The van der Waals surface area contributed by atoms with Crippen LogP contribution >= 0.6 is 0 Å². The van der Waals surface area contributed by atoms with Gasteiger partial charge in [0.1, 0.15) is 0 Å². The van der Waals surface area contributed by atoms with E-state index < -0.39 is 0 Å². The van der Waals surface area contributed by atoms with Crippen LogP contribution in [-0.2, 0) is 0 Å². The average Bonchev–Trinajstić information content (AvgIpc) is 2.10. The first-order valence-electron chi connectivity index (χ1n) is 5.50. The topological polar surface area (TPSA) is 29.3 Å². The van der Waals surface area contributed by atoms with Gasteiger partial charge in [-0.05, 0) is 45.3 Å². The maximum atomic E-state index is 5.85. The quantitative estimate of drug-likeness (QED) is 0.659. The monoisotopic (exact) mass is 186 g/mol. The Morgan fingerprint density at radius 3 is 2.15 bits per heavy atom. The lowest BCUT2D eigenvalue weighted by atomic mass is 10.1. The predicted octanol–water partition coefficient (Wildman–Crippen LogP) is 2.09. The van der Waals surface area contributed by atoms with Crippen LogP contribution in [0.15, 0.2) is 0 Å². The van der Waals surface area contributed by atoms with E-state index in [2.05, 4.69) is 32.7 Å². The van der Waals surface area contributed by atoms with Crippen molar-refractivity contribution in [2.75, 3.05) is 20.1 Å². The largest absolute Gasteiger partial charge is 0.328 e. The number of rotatable bonds is 7. The molecule has 0 heterocycles. The Morgan fingerprint density at radius 1 is 1.15 bits per heavy atom. The predicted molar refractivity (Wildman–Crippen MR) is 59.8 cm³/mol. The zero-order valence-corrected chi connectivity index (χ0v) is 9.71. The highest BCUT2D eigenvalue weighted by Crippen LogP contribution is 2.02. The molecule has 2 N–H and O–H groups in total. The second kappa shape index (κ2) is 7.34. The van der Waals surface area contributed by atoms with Crippen molar-refractivity contribution in [3.8, 4) is 0 Å². The molecule has 0 amide bonds. The summed E-state index contributed by atoms with van der Waals surface area (Å²) in [5.41, 5.74) is 5.85. The number of nitrogens with two attached hydrogens (primary N) is 1. The highest BCUT2D eigenvalue weighted by molar-refractivity contribution is 4.62. The van der Waals surface area contributed by atoms with Gasteiger partial charge >= 0.3 is 0 Å². The Kier molecular flexibility index (Phi) is 7.29. The molecular weight excluding hydrogens is 160 g/mol. The van der Waals surface area contributed by atoms with Gasteiger partial charge in [-0.1, -0.05) is 20.8 Å².